The highest BCUT2D eigenvalue weighted by molar-refractivity contribution is 5.96. The number of aromatic nitrogens is 1. The predicted octanol–water partition coefficient (Wildman–Crippen LogP) is 3.65. The van der Waals surface area contributed by atoms with Crippen molar-refractivity contribution in [3.63, 3.8) is 0 Å². The molecule has 0 bridgehead atoms. The second kappa shape index (κ2) is 11.9. The van der Waals surface area contributed by atoms with Crippen LogP contribution in [0.5, 0.6) is 5.75 Å². The highest BCUT2D eigenvalue weighted by Crippen LogP contribution is 2.28. The summed E-state index contributed by atoms with van der Waals surface area (Å²) in [7, 11) is 0. The van der Waals surface area contributed by atoms with Gasteiger partial charge in [-0.1, -0.05) is 6.07 Å². The van der Waals surface area contributed by atoms with E-state index in [9.17, 15) is 4.79 Å². The van der Waals surface area contributed by atoms with E-state index in [1.54, 1.807) is 0 Å². The standard InChI is InChI=1S/C22H27N5O3.2ClH/c23-21(26-22(28)29)20-19-2-1-18(13-16(19)3-10-25-20)30-14-15-6-11-27(12-7-15)17-4-8-24-9-5-17;;/h1-2,4-5,8-9,13,15,20,25H,3,6-7,10-12,14H2,(H2,23,26)(H,28,29);2*1H. The molecule has 10 heteroatoms. The Balaban J connectivity index is 0.00000181. The number of hydrogen-bond donors (Lipinski definition) is 4. The third kappa shape index (κ3) is 6.25. The zero-order chi connectivity index (χ0) is 20.9. The Kier molecular flexibility index (Phi) is 9.56. The third-order valence-electron chi connectivity index (χ3n) is 5.83. The Morgan fingerprint density at radius 1 is 1.22 bits per heavy atom. The first-order chi connectivity index (χ1) is 14.6. The maximum absolute atomic E-state index is 10.8. The number of piperidine rings is 1. The van der Waals surface area contributed by atoms with Crippen molar-refractivity contribution >= 4 is 42.4 Å². The Bertz CT molecular complexity index is 908. The molecule has 0 radical (unpaired) electrons. The average molecular weight is 482 g/mol. The summed E-state index contributed by atoms with van der Waals surface area (Å²) >= 11 is 0. The fraction of sp³-hybridized carbons (Fsp3) is 0.409. The number of amidine groups is 1. The van der Waals surface area contributed by atoms with Gasteiger partial charge in [0.15, 0.2) is 0 Å². The zero-order valence-electron chi connectivity index (χ0n) is 17.6. The predicted molar refractivity (Wildman–Crippen MR) is 129 cm³/mol. The van der Waals surface area contributed by atoms with Gasteiger partial charge >= 0.3 is 6.09 Å². The summed E-state index contributed by atoms with van der Waals surface area (Å²) in [6.07, 6.45) is 5.46. The molecule has 3 heterocycles. The Labute approximate surface area is 200 Å². The number of nitrogens with zero attached hydrogens (tertiary/aromatic N) is 2. The number of rotatable bonds is 5. The molecule has 4 N–H and O–H groups in total. The van der Waals surface area contributed by atoms with Crippen LogP contribution in [0, 0.1) is 11.3 Å². The third-order valence-corrected chi connectivity index (χ3v) is 5.83. The number of anilines is 1. The van der Waals surface area contributed by atoms with Gasteiger partial charge in [0, 0.05) is 37.7 Å². The van der Waals surface area contributed by atoms with Crippen molar-refractivity contribution in [1.29, 1.82) is 5.41 Å². The quantitative estimate of drug-likeness (QED) is 0.383. The van der Waals surface area contributed by atoms with Gasteiger partial charge in [-0.25, -0.2) is 4.79 Å². The van der Waals surface area contributed by atoms with Gasteiger partial charge < -0.3 is 20.1 Å². The van der Waals surface area contributed by atoms with Crippen molar-refractivity contribution in [3.8, 4) is 5.75 Å². The van der Waals surface area contributed by atoms with Crippen LogP contribution in [0.4, 0.5) is 10.5 Å². The van der Waals surface area contributed by atoms with Crippen molar-refractivity contribution in [2.45, 2.75) is 25.3 Å². The van der Waals surface area contributed by atoms with Crippen LogP contribution in [-0.4, -0.2) is 48.3 Å². The normalized spacial score (nSPS) is 17.9. The maximum Gasteiger partial charge on any atom is 0.410 e. The number of carbonyl (C=O) groups is 1. The van der Waals surface area contributed by atoms with Gasteiger partial charge in [0.25, 0.3) is 0 Å². The number of fused-ring (bicyclic) bond motifs is 1. The van der Waals surface area contributed by atoms with Crippen LogP contribution in [0.1, 0.15) is 30.0 Å². The molecule has 1 aromatic heterocycles. The number of amides is 1. The minimum absolute atomic E-state index is 0. The van der Waals surface area contributed by atoms with Gasteiger partial charge in [-0.2, -0.15) is 0 Å². The van der Waals surface area contributed by atoms with Crippen LogP contribution in [-0.2, 0) is 6.42 Å². The SMILES string of the molecule is Cl.Cl.N=C(NC(=O)O)C1NCCc2cc(OCC3CCN(c4ccncc4)CC3)ccc21. The topological polar surface area (TPSA) is 111 Å². The van der Waals surface area contributed by atoms with E-state index in [2.05, 4.69) is 32.7 Å². The summed E-state index contributed by atoms with van der Waals surface area (Å²) in [6, 6.07) is 9.56. The fourth-order valence-corrected chi connectivity index (χ4v) is 4.20. The Hall–Kier alpha value is -2.55. The summed E-state index contributed by atoms with van der Waals surface area (Å²) < 4.78 is 6.10. The molecule has 174 valence electrons. The van der Waals surface area contributed by atoms with Crippen LogP contribution in [0.2, 0.25) is 0 Å². The van der Waals surface area contributed by atoms with Gasteiger partial charge in [-0.05, 0) is 60.6 Å². The largest absolute Gasteiger partial charge is 0.493 e. The van der Waals surface area contributed by atoms with E-state index in [1.165, 1.54) is 5.69 Å². The molecule has 32 heavy (non-hydrogen) atoms. The van der Waals surface area contributed by atoms with E-state index in [0.717, 1.165) is 49.2 Å². The lowest BCUT2D eigenvalue weighted by molar-refractivity contribution is 0.199. The highest BCUT2D eigenvalue weighted by atomic mass is 35.5. The molecule has 2 aromatic rings. The molecule has 8 nitrogen and oxygen atoms in total. The summed E-state index contributed by atoms with van der Waals surface area (Å²) in [5.74, 6) is 1.31. The second-order valence-electron chi connectivity index (χ2n) is 7.79. The molecule has 0 saturated carbocycles. The zero-order valence-corrected chi connectivity index (χ0v) is 19.3. The minimum atomic E-state index is -1.22. The van der Waals surface area contributed by atoms with Gasteiger partial charge in [-0.15, -0.1) is 24.8 Å². The van der Waals surface area contributed by atoms with Crippen molar-refractivity contribution < 1.29 is 14.6 Å². The molecule has 2 aliphatic rings. The number of nitrogens with one attached hydrogen (secondary N) is 3. The van der Waals surface area contributed by atoms with Crippen molar-refractivity contribution in [1.82, 2.24) is 15.6 Å². The molecule has 1 saturated heterocycles. The molecule has 1 atom stereocenters. The number of hydrogen-bond acceptors (Lipinski definition) is 6. The summed E-state index contributed by atoms with van der Waals surface area (Å²) in [4.78, 5) is 17.3. The number of halogens is 2. The van der Waals surface area contributed by atoms with Gasteiger partial charge in [0.1, 0.15) is 11.6 Å². The second-order valence-corrected chi connectivity index (χ2v) is 7.79. The van der Waals surface area contributed by atoms with E-state index in [4.69, 9.17) is 15.3 Å². The van der Waals surface area contributed by atoms with Crippen LogP contribution < -0.4 is 20.3 Å². The maximum atomic E-state index is 10.8. The molecule has 1 amide bonds. The molecule has 2 aliphatic heterocycles. The van der Waals surface area contributed by atoms with Crippen LogP contribution in [0.3, 0.4) is 0 Å². The van der Waals surface area contributed by atoms with E-state index in [0.29, 0.717) is 19.1 Å². The molecule has 0 spiro atoms. The molecule has 1 fully saturated rings. The van der Waals surface area contributed by atoms with Crippen molar-refractivity contribution in [2.75, 3.05) is 31.1 Å². The van der Waals surface area contributed by atoms with E-state index in [1.807, 2.05) is 30.6 Å². The van der Waals surface area contributed by atoms with Crippen molar-refractivity contribution in [2.24, 2.45) is 5.92 Å². The first kappa shape index (κ1) is 25.7. The molecule has 1 unspecified atom stereocenters. The number of ether oxygens (including phenoxy) is 1. The highest BCUT2D eigenvalue weighted by Gasteiger charge is 2.25. The van der Waals surface area contributed by atoms with Crippen molar-refractivity contribution in [3.05, 3.63) is 53.9 Å². The minimum Gasteiger partial charge on any atom is -0.493 e. The lowest BCUT2D eigenvalue weighted by Gasteiger charge is -2.33. The van der Waals surface area contributed by atoms with E-state index in [-0.39, 0.29) is 30.6 Å². The molecular weight excluding hydrogens is 453 g/mol. The lowest BCUT2D eigenvalue weighted by atomic mass is 9.93. The Morgan fingerprint density at radius 2 is 1.94 bits per heavy atom. The average Bonchev–Trinajstić information content (AvgIpc) is 2.77. The van der Waals surface area contributed by atoms with Crippen LogP contribution >= 0.6 is 24.8 Å². The van der Waals surface area contributed by atoms with Gasteiger partial charge in [0.2, 0.25) is 0 Å². The first-order valence-corrected chi connectivity index (χ1v) is 10.3. The Morgan fingerprint density at radius 3 is 2.62 bits per heavy atom. The van der Waals surface area contributed by atoms with E-state index >= 15 is 0 Å². The fourth-order valence-electron chi connectivity index (χ4n) is 4.20. The molecule has 0 aliphatic carbocycles. The summed E-state index contributed by atoms with van der Waals surface area (Å²) in [5, 5.41) is 22.2. The molecule has 4 rings (SSSR count). The first-order valence-electron chi connectivity index (χ1n) is 10.3. The number of benzene rings is 1. The van der Waals surface area contributed by atoms with Gasteiger partial charge in [-0.3, -0.25) is 15.7 Å². The monoisotopic (exact) mass is 481 g/mol. The smallest absolute Gasteiger partial charge is 0.410 e. The number of pyridine rings is 1. The molecular formula is C22H29Cl2N5O3. The van der Waals surface area contributed by atoms with Crippen LogP contribution in [0.25, 0.3) is 0 Å². The molecule has 1 aromatic carbocycles. The van der Waals surface area contributed by atoms with Gasteiger partial charge in [0.05, 0.1) is 12.6 Å². The lowest BCUT2D eigenvalue weighted by Crippen LogP contribution is -2.42. The summed E-state index contributed by atoms with van der Waals surface area (Å²) in [5.41, 5.74) is 3.25. The van der Waals surface area contributed by atoms with E-state index < -0.39 is 12.1 Å². The summed E-state index contributed by atoms with van der Waals surface area (Å²) in [6.45, 7) is 3.43. The van der Waals surface area contributed by atoms with Crippen LogP contribution in [0.15, 0.2) is 42.7 Å². The number of carboxylic acid groups (broad SMARTS) is 1.